The molecule has 0 spiro atoms. The van der Waals surface area contributed by atoms with Crippen molar-refractivity contribution in [3.8, 4) is 11.1 Å². The fourth-order valence-corrected chi connectivity index (χ4v) is 6.28. The van der Waals surface area contributed by atoms with E-state index in [1.165, 1.54) is 0 Å². The molecule has 0 fully saturated rings. The van der Waals surface area contributed by atoms with Crippen LogP contribution in [0.25, 0.3) is 11.1 Å². The van der Waals surface area contributed by atoms with E-state index in [0.29, 0.717) is 0 Å². The van der Waals surface area contributed by atoms with E-state index < -0.39 is 64.9 Å². The molecule has 4 rings (SSSR count). The monoisotopic (exact) mass is 739 g/mol. The van der Waals surface area contributed by atoms with E-state index in [9.17, 15) is 24.0 Å². The number of rotatable bonds is 15. The molecule has 0 bridgehead atoms. The summed E-state index contributed by atoms with van der Waals surface area (Å²) in [5, 5.41) is 11.0. The molecule has 0 aromatic heterocycles. The minimum atomic E-state index is -1.21. The van der Waals surface area contributed by atoms with Crippen molar-refractivity contribution in [2.75, 3.05) is 13.2 Å². The maximum absolute atomic E-state index is 13.9. The standard InChI is InChI=1S/C43H55N4O7/c1-26(2)37(40(51)44-34(22-28-17-11-10-16-27(28)3)38(49)46-36(23-48)42(4,5)6)47-39(50)35(25-54-43(7,8)9)45-41(52)53-24-33-31-20-14-12-18-29(31)30-19-13-15-21-32(30)33/h10-21,26,33-37H,22,24-25H2,1-9H3,(H,44,51)(H,45,52)(H,46,49)(H,47,50)/t34-,35-,36+,37+/m0/s1. The van der Waals surface area contributed by atoms with Gasteiger partial charge in [-0.05, 0) is 72.4 Å². The molecule has 289 valence electrons. The van der Waals surface area contributed by atoms with Gasteiger partial charge >= 0.3 is 6.09 Å². The fraction of sp³-hybridized carbons (Fsp3) is 0.465. The molecule has 3 aromatic rings. The van der Waals surface area contributed by atoms with Gasteiger partial charge in [0.2, 0.25) is 24.0 Å². The average Bonchev–Trinajstić information content (AvgIpc) is 3.43. The van der Waals surface area contributed by atoms with Crippen LogP contribution in [0.1, 0.15) is 83.6 Å². The number of carbonyl (C=O) groups is 4. The normalized spacial score (nSPS) is 14.9. The Morgan fingerprint density at radius 3 is 1.81 bits per heavy atom. The van der Waals surface area contributed by atoms with Crippen molar-refractivity contribution in [3.63, 3.8) is 0 Å². The first-order valence-corrected chi connectivity index (χ1v) is 18.5. The summed E-state index contributed by atoms with van der Waals surface area (Å²) in [5.74, 6) is -2.42. The number of amides is 4. The van der Waals surface area contributed by atoms with Crippen molar-refractivity contribution in [3.05, 3.63) is 95.1 Å². The molecule has 0 unspecified atom stereocenters. The van der Waals surface area contributed by atoms with Gasteiger partial charge in [0.1, 0.15) is 30.8 Å². The topological polar surface area (TPSA) is 152 Å². The lowest BCUT2D eigenvalue weighted by atomic mass is 9.87. The van der Waals surface area contributed by atoms with Gasteiger partial charge < -0.3 is 30.7 Å². The zero-order valence-corrected chi connectivity index (χ0v) is 32.9. The van der Waals surface area contributed by atoms with E-state index in [4.69, 9.17) is 9.47 Å². The molecule has 3 aromatic carbocycles. The van der Waals surface area contributed by atoms with E-state index in [1.54, 1.807) is 34.6 Å². The highest BCUT2D eigenvalue weighted by atomic mass is 16.5. The Balaban J connectivity index is 1.50. The molecule has 54 heavy (non-hydrogen) atoms. The molecule has 0 saturated carbocycles. The fourth-order valence-electron chi connectivity index (χ4n) is 6.28. The van der Waals surface area contributed by atoms with Crippen LogP contribution in [0.3, 0.4) is 0 Å². The van der Waals surface area contributed by atoms with E-state index in [2.05, 4.69) is 21.3 Å². The van der Waals surface area contributed by atoms with E-state index in [0.717, 1.165) is 33.4 Å². The predicted molar refractivity (Wildman–Crippen MR) is 208 cm³/mol. The second-order valence-corrected chi connectivity index (χ2v) is 16.3. The summed E-state index contributed by atoms with van der Waals surface area (Å²) in [6, 6.07) is 19.2. The number of hydrogen-bond acceptors (Lipinski definition) is 7. The molecule has 4 atom stereocenters. The van der Waals surface area contributed by atoms with Crippen LogP contribution < -0.4 is 21.3 Å². The molecule has 11 heteroatoms. The molecule has 0 saturated heterocycles. The van der Waals surface area contributed by atoms with Crippen LogP contribution in [-0.2, 0) is 35.1 Å². The predicted octanol–water partition coefficient (Wildman–Crippen LogP) is 5.53. The summed E-state index contributed by atoms with van der Waals surface area (Å²) in [4.78, 5) is 66.6. The molecule has 4 amide bonds. The van der Waals surface area contributed by atoms with Gasteiger partial charge in [-0.2, -0.15) is 0 Å². The molecule has 0 aliphatic heterocycles. The largest absolute Gasteiger partial charge is 0.449 e. The minimum Gasteiger partial charge on any atom is -0.449 e. The Hall–Kier alpha value is -5.03. The van der Waals surface area contributed by atoms with Crippen LogP contribution in [0.4, 0.5) is 4.79 Å². The number of carbonyl (C=O) groups excluding carboxylic acids is 5. The molecular formula is C43H55N4O7. The highest BCUT2D eigenvalue weighted by Crippen LogP contribution is 2.44. The molecule has 4 N–H and O–H groups in total. The maximum atomic E-state index is 13.9. The first-order chi connectivity index (χ1) is 25.4. The lowest BCUT2D eigenvalue weighted by molar-refractivity contribution is -0.134. The van der Waals surface area contributed by atoms with Gasteiger partial charge in [0.15, 0.2) is 0 Å². The van der Waals surface area contributed by atoms with Gasteiger partial charge in [-0.15, -0.1) is 0 Å². The minimum absolute atomic E-state index is 0.0492. The third-order valence-electron chi connectivity index (χ3n) is 9.47. The van der Waals surface area contributed by atoms with Gasteiger partial charge in [0.05, 0.1) is 12.2 Å². The smallest absolute Gasteiger partial charge is 0.407 e. The lowest BCUT2D eigenvalue weighted by Gasteiger charge is -2.30. The van der Waals surface area contributed by atoms with Crippen molar-refractivity contribution >= 4 is 30.1 Å². The number of ether oxygens (including phenoxy) is 2. The lowest BCUT2D eigenvalue weighted by Crippen LogP contribution is -2.60. The summed E-state index contributed by atoms with van der Waals surface area (Å²) >= 11 is 0. The highest BCUT2D eigenvalue weighted by Gasteiger charge is 2.35. The Morgan fingerprint density at radius 2 is 1.28 bits per heavy atom. The third-order valence-corrected chi connectivity index (χ3v) is 9.47. The number of alkyl carbamates (subject to hydrolysis) is 1. The number of nitrogens with one attached hydrogen (secondary N) is 4. The highest BCUT2D eigenvalue weighted by molar-refractivity contribution is 5.94. The Bertz CT molecular complexity index is 1760. The van der Waals surface area contributed by atoms with Crippen LogP contribution in [0.2, 0.25) is 0 Å². The van der Waals surface area contributed by atoms with Crippen molar-refractivity contribution in [1.29, 1.82) is 0 Å². The summed E-state index contributed by atoms with van der Waals surface area (Å²) in [6.07, 6.45) is 1.23. The van der Waals surface area contributed by atoms with Crippen LogP contribution in [-0.4, -0.2) is 73.1 Å². The van der Waals surface area contributed by atoms with E-state index in [1.807, 2.05) is 107 Å². The van der Waals surface area contributed by atoms with Gasteiger partial charge in [-0.1, -0.05) is 107 Å². The summed E-state index contributed by atoms with van der Waals surface area (Å²) in [5.41, 5.74) is 4.77. The van der Waals surface area contributed by atoms with Crippen LogP contribution in [0, 0.1) is 18.3 Å². The Kier molecular flexibility index (Phi) is 13.8. The Labute approximate surface area is 319 Å². The van der Waals surface area contributed by atoms with Crippen molar-refractivity contribution in [2.45, 2.75) is 104 Å². The average molecular weight is 740 g/mol. The molecular weight excluding hydrogens is 684 g/mol. The SMILES string of the molecule is Cc1ccccc1C[C@H](NC(=O)[C@H](NC(=O)[C@H](COC(C)(C)C)NC(=O)OCC1c2ccccc2-c2ccccc21)C(C)C)C(=O)N[C@H]([C]=O)C(C)(C)C. The van der Waals surface area contributed by atoms with E-state index in [-0.39, 0.29) is 25.6 Å². The second-order valence-electron chi connectivity index (χ2n) is 16.3. The van der Waals surface area contributed by atoms with Gasteiger partial charge in [-0.3, -0.25) is 19.2 Å². The molecule has 1 aliphatic rings. The zero-order chi connectivity index (χ0) is 39.8. The zero-order valence-electron chi connectivity index (χ0n) is 32.9. The van der Waals surface area contributed by atoms with Gasteiger partial charge in [-0.25, -0.2) is 4.79 Å². The van der Waals surface area contributed by atoms with Crippen molar-refractivity contribution < 1.29 is 33.4 Å². The molecule has 0 heterocycles. The summed E-state index contributed by atoms with van der Waals surface area (Å²) in [7, 11) is 0. The molecule has 1 aliphatic carbocycles. The first-order valence-electron chi connectivity index (χ1n) is 18.5. The van der Waals surface area contributed by atoms with E-state index >= 15 is 0 Å². The van der Waals surface area contributed by atoms with Gasteiger partial charge in [0, 0.05) is 12.3 Å². The third kappa shape index (κ3) is 11.0. The molecule has 1 radical (unpaired) electrons. The number of hydrogen-bond donors (Lipinski definition) is 4. The summed E-state index contributed by atoms with van der Waals surface area (Å²) < 4.78 is 11.6. The number of benzene rings is 3. The van der Waals surface area contributed by atoms with Crippen LogP contribution >= 0.6 is 0 Å². The van der Waals surface area contributed by atoms with Crippen molar-refractivity contribution in [2.24, 2.45) is 11.3 Å². The quantitative estimate of drug-likeness (QED) is 0.160. The number of aryl methyl sites for hydroxylation is 1. The Morgan fingerprint density at radius 1 is 0.722 bits per heavy atom. The van der Waals surface area contributed by atoms with Crippen molar-refractivity contribution in [1.82, 2.24) is 21.3 Å². The second kappa shape index (κ2) is 17.9. The van der Waals surface area contributed by atoms with Crippen LogP contribution in [0.5, 0.6) is 0 Å². The number of fused-ring (bicyclic) bond motifs is 3. The maximum Gasteiger partial charge on any atom is 0.407 e. The molecule has 11 nitrogen and oxygen atoms in total. The van der Waals surface area contributed by atoms with Gasteiger partial charge in [0.25, 0.3) is 0 Å². The first kappa shape index (κ1) is 41.7. The van der Waals surface area contributed by atoms with Crippen LogP contribution in [0.15, 0.2) is 72.8 Å². The summed E-state index contributed by atoms with van der Waals surface area (Å²) in [6.45, 7) is 16.2.